The summed E-state index contributed by atoms with van der Waals surface area (Å²) in [5.74, 6) is 2.99. The quantitative estimate of drug-likeness (QED) is 0.169. The molecule has 0 aliphatic carbocycles. The van der Waals surface area contributed by atoms with Crippen LogP contribution < -0.4 is 4.74 Å². The molecule has 0 atom stereocenters. The van der Waals surface area contributed by atoms with Crippen LogP contribution in [0.15, 0.2) is 164 Å². The van der Waals surface area contributed by atoms with E-state index in [1.54, 1.807) is 0 Å². The number of rotatable bonds is 6. The number of phenols is 1. The molecule has 4 heterocycles. The van der Waals surface area contributed by atoms with Gasteiger partial charge < -0.3 is 14.4 Å². The molecule has 9 aromatic carbocycles. The van der Waals surface area contributed by atoms with E-state index in [1.807, 2.05) is 12.1 Å². The lowest BCUT2D eigenvalue weighted by molar-refractivity contribution is 0.446. The Morgan fingerprint density at radius 2 is 1.15 bits per heavy atom. The third-order valence-electron chi connectivity index (χ3n) is 15.6. The van der Waals surface area contributed by atoms with Gasteiger partial charge in [-0.05, 0) is 122 Å². The summed E-state index contributed by atoms with van der Waals surface area (Å²) in [6.45, 7) is 22.4. The van der Waals surface area contributed by atoms with E-state index in [-0.39, 0.29) is 28.4 Å². The van der Waals surface area contributed by atoms with Gasteiger partial charge in [-0.3, -0.25) is 4.57 Å². The highest BCUT2D eigenvalue weighted by Crippen LogP contribution is 2.51. The van der Waals surface area contributed by atoms with Crippen molar-refractivity contribution in [1.29, 1.82) is 0 Å². The molecule has 3 aromatic heterocycles. The van der Waals surface area contributed by atoms with E-state index >= 15 is 0 Å². The molecule has 74 heavy (non-hydrogen) atoms. The number of hydrogen-bond acceptors (Lipinski definition) is 4. The second-order valence-corrected chi connectivity index (χ2v) is 23.1. The number of hydrogen-bond donors (Lipinski definition) is 1. The van der Waals surface area contributed by atoms with E-state index in [0.29, 0.717) is 11.4 Å². The van der Waals surface area contributed by atoms with Crippen LogP contribution in [0.1, 0.15) is 103 Å². The van der Waals surface area contributed by atoms with Crippen LogP contribution in [-0.4, -0.2) is 24.2 Å². The third-order valence-corrected chi connectivity index (χ3v) is 15.6. The molecule has 0 saturated carbocycles. The van der Waals surface area contributed by atoms with Crippen molar-refractivity contribution in [2.45, 2.75) is 91.9 Å². The zero-order chi connectivity index (χ0) is 51.1. The van der Waals surface area contributed by atoms with E-state index in [9.17, 15) is 5.11 Å². The summed E-state index contributed by atoms with van der Waals surface area (Å²) in [7, 11) is 0. The molecular formula is C68H60N4O2. The van der Waals surface area contributed by atoms with Gasteiger partial charge in [-0.2, -0.15) is 0 Å². The first-order chi connectivity index (χ1) is 35.6. The number of para-hydroxylation sites is 4. The Kier molecular flexibility index (Phi) is 10.1. The Bertz CT molecular complexity index is 4280. The molecule has 0 fully saturated rings. The fourth-order valence-corrected chi connectivity index (χ4v) is 11.9. The standard InChI is InChI=1S/C68H60N4O2/c1-38(2)49-34-41(40-20-12-11-13-21-40)35-50(39(3)4)63(49)72-56-27-18-24-46(62(56)70-66(72)51-36-42(67(5,6)7)37-52(65(51)73)68(8,9)10)53-32-30-45-43-22-14-15-23-44(43)59-47(61(45)69-53)31-33-55-60(59)48-25-19-29-58-64(48)71(55)54-26-16-17-28-57(54)74-58/h11-39,73H,1-10H3. The number of ether oxygens (including phenoxy) is 1. The lowest BCUT2D eigenvalue weighted by atomic mass is 9.78. The van der Waals surface area contributed by atoms with Crippen LogP contribution in [0.3, 0.4) is 0 Å². The van der Waals surface area contributed by atoms with Crippen molar-refractivity contribution in [2.75, 3.05) is 0 Å². The maximum atomic E-state index is 12.8. The predicted molar refractivity (Wildman–Crippen MR) is 309 cm³/mol. The van der Waals surface area contributed by atoms with Crippen molar-refractivity contribution in [3.8, 4) is 62.4 Å². The van der Waals surface area contributed by atoms with Gasteiger partial charge in [-0.15, -0.1) is 0 Å². The Hall–Kier alpha value is -8.22. The average molecular weight is 965 g/mol. The highest BCUT2D eigenvalue weighted by molar-refractivity contribution is 6.35. The molecule has 6 nitrogen and oxygen atoms in total. The second-order valence-electron chi connectivity index (χ2n) is 23.1. The lowest BCUT2D eigenvalue weighted by Crippen LogP contribution is -2.17. The van der Waals surface area contributed by atoms with Crippen molar-refractivity contribution >= 4 is 65.3 Å². The van der Waals surface area contributed by atoms with Crippen LogP contribution in [0.2, 0.25) is 0 Å². The normalized spacial score (nSPS) is 12.9. The minimum atomic E-state index is -0.342. The van der Waals surface area contributed by atoms with Crippen LogP contribution in [0.25, 0.3) is 110 Å². The molecule has 13 rings (SSSR count). The summed E-state index contributed by atoms with van der Waals surface area (Å²) in [6, 6.07) is 58.8. The van der Waals surface area contributed by atoms with Crippen LogP contribution in [-0.2, 0) is 10.8 Å². The van der Waals surface area contributed by atoms with E-state index in [0.717, 1.165) is 94.4 Å². The number of nitrogens with zero attached hydrogens (tertiary/aromatic N) is 4. The van der Waals surface area contributed by atoms with Crippen molar-refractivity contribution in [1.82, 2.24) is 19.1 Å². The van der Waals surface area contributed by atoms with E-state index in [1.165, 1.54) is 38.4 Å². The molecule has 0 saturated heterocycles. The second kappa shape index (κ2) is 16.4. The van der Waals surface area contributed by atoms with Gasteiger partial charge in [-0.1, -0.05) is 172 Å². The maximum absolute atomic E-state index is 12.8. The van der Waals surface area contributed by atoms with Crippen LogP contribution in [0.4, 0.5) is 0 Å². The minimum Gasteiger partial charge on any atom is -0.507 e. The van der Waals surface area contributed by atoms with E-state index in [2.05, 4.69) is 230 Å². The number of aromatic nitrogens is 4. The van der Waals surface area contributed by atoms with Gasteiger partial charge in [0, 0.05) is 38.1 Å². The monoisotopic (exact) mass is 964 g/mol. The summed E-state index contributed by atoms with van der Waals surface area (Å²) in [4.78, 5) is 11.5. The van der Waals surface area contributed by atoms with Crippen molar-refractivity contribution in [3.63, 3.8) is 0 Å². The molecule has 1 aliphatic heterocycles. The van der Waals surface area contributed by atoms with Crippen molar-refractivity contribution in [2.24, 2.45) is 0 Å². The van der Waals surface area contributed by atoms with Gasteiger partial charge in [-0.25, -0.2) is 9.97 Å². The van der Waals surface area contributed by atoms with Gasteiger partial charge in [0.25, 0.3) is 0 Å². The Balaban J connectivity index is 1.13. The summed E-state index contributed by atoms with van der Waals surface area (Å²) in [5, 5.41) is 20.8. The third kappa shape index (κ3) is 6.83. The van der Waals surface area contributed by atoms with Crippen LogP contribution in [0.5, 0.6) is 17.2 Å². The first-order valence-electron chi connectivity index (χ1n) is 26.2. The molecule has 1 N–H and O–H groups in total. The number of fused-ring (bicyclic) bond motifs is 13. The zero-order valence-electron chi connectivity index (χ0n) is 43.9. The van der Waals surface area contributed by atoms with Crippen molar-refractivity contribution < 1.29 is 9.84 Å². The fourth-order valence-electron chi connectivity index (χ4n) is 11.9. The smallest absolute Gasteiger partial charge is 0.152 e. The SMILES string of the molecule is CC(C)c1cc(-c2ccccc2)cc(C(C)C)c1-n1c(-c2cc(C(C)(C)C)cc(C(C)(C)C)c2O)nc2c(-c3ccc4c5ccccc5c5c(ccc6c5c5cccc7c5n6-c5ccccc5O7)c4n3)cccc21. The Morgan fingerprint density at radius 3 is 1.88 bits per heavy atom. The molecule has 0 bridgehead atoms. The average Bonchev–Trinajstić information content (AvgIpc) is 3.95. The molecule has 364 valence electrons. The number of benzene rings is 9. The highest BCUT2D eigenvalue weighted by Gasteiger charge is 2.32. The number of imidazole rings is 1. The maximum Gasteiger partial charge on any atom is 0.152 e. The van der Waals surface area contributed by atoms with Gasteiger partial charge in [0.2, 0.25) is 0 Å². The summed E-state index contributed by atoms with van der Waals surface area (Å²) >= 11 is 0. The number of aromatic hydroxyl groups is 1. The Morgan fingerprint density at radius 1 is 0.486 bits per heavy atom. The number of phenolic OH excluding ortho intramolecular Hbond substituents is 1. The zero-order valence-corrected chi connectivity index (χ0v) is 43.9. The molecule has 12 aromatic rings. The van der Waals surface area contributed by atoms with Gasteiger partial charge >= 0.3 is 0 Å². The largest absolute Gasteiger partial charge is 0.507 e. The van der Waals surface area contributed by atoms with E-state index < -0.39 is 0 Å². The van der Waals surface area contributed by atoms with Gasteiger partial charge in [0.1, 0.15) is 11.6 Å². The van der Waals surface area contributed by atoms with Gasteiger partial charge in [0.15, 0.2) is 11.5 Å². The summed E-state index contributed by atoms with van der Waals surface area (Å²) < 4.78 is 11.3. The van der Waals surface area contributed by atoms with Crippen LogP contribution in [0, 0.1) is 0 Å². The van der Waals surface area contributed by atoms with Crippen molar-refractivity contribution in [3.05, 3.63) is 186 Å². The predicted octanol–water partition coefficient (Wildman–Crippen LogP) is 18.6. The molecule has 1 aliphatic rings. The topological polar surface area (TPSA) is 65.1 Å². The lowest BCUT2D eigenvalue weighted by Gasteiger charge is -2.28. The van der Waals surface area contributed by atoms with Crippen LogP contribution >= 0.6 is 0 Å². The molecule has 0 unspecified atom stereocenters. The highest BCUT2D eigenvalue weighted by atomic mass is 16.5. The Labute approximate surface area is 432 Å². The van der Waals surface area contributed by atoms with E-state index in [4.69, 9.17) is 14.7 Å². The number of pyridine rings is 1. The fraction of sp³-hybridized carbons (Fsp3) is 0.206. The molecular weight excluding hydrogens is 905 g/mol. The van der Waals surface area contributed by atoms with Gasteiger partial charge in [0.05, 0.1) is 50.2 Å². The molecule has 6 heteroatoms. The summed E-state index contributed by atoms with van der Waals surface area (Å²) in [6.07, 6.45) is 0. The molecule has 0 amide bonds. The summed E-state index contributed by atoms with van der Waals surface area (Å²) in [5.41, 5.74) is 15.8. The molecule has 0 radical (unpaired) electrons. The first-order valence-corrected chi connectivity index (χ1v) is 26.2. The molecule has 0 spiro atoms. The minimum absolute atomic E-state index is 0.164. The first kappa shape index (κ1) is 45.6.